The zero-order chi connectivity index (χ0) is 17.7. The summed E-state index contributed by atoms with van der Waals surface area (Å²) in [4.78, 5) is 12.2. The molecule has 1 aromatic carbocycles. The van der Waals surface area contributed by atoms with Crippen LogP contribution in [0, 0.1) is 0 Å². The summed E-state index contributed by atoms with van der Waals surface area (Å²) in [5.74, 6) is 0.560. The van der Waals surface area contributed by atoms with E-state index in [2.05, 4.69) is 5.32 Å². The molecule has 25 heavy (non-hydrogen) atoms. The predicted molar refractivity (Wildman–Crippen MR) is 102 cm³/mol. The van der Waals surface area contributed by atoms with Gasteiger partial charge in [0.15, 0.2) is 0 Å². The second-order valence-electron chi connectivity index (χ2n) is 6.93. The highest BCUT2D eigenvalue weighted by molar-refractivity contribution is 5.76. The van der Waals surface area contributed by atoms with Crippen LogP contribution in [0.25, 0.3) is 0 Å². The van der Waals surface area contributed by atoms with E-state index >= 15 is 0 Å². The molecule has 1 aliphatic carbocycles. The Balaban J connectivity index is 1.77. The molecule has 4 heteroatoms. The normalized spacial score (nSPS) is 17.8. The van der Waals surface area contributed by atoms with Gasteiger partial charge in [-0.3, -0.25) is 4.79 Å². The molecule has 1 aliphatic rings. The summed E-state index contributed by atoms with van der Waals surface area (Å²) in [6, 6.07) is 7.61. The van der Waals surface area contributed by atoms with Gasteiger partial charge in [-0.2, -0.15) is 0 Å². The second kappa shape index (κ2) is 11.8. The fraction of sp³-hybridized carbons (Fsp3) is 0.667. The number of ether oxygens (including phenoxy) is 2. The van der Waals surface area contributed by atoms with Crippen molar-refractivity contribution in [3.05, 3.63) is 24.3 Å². The number of hydrogen-bond donors (Lipinski definition) is 1. The van der Waals surface area contributed by atoms with Gasteiger partial charge in [-0.15, -0.1) is 0 Å². The highest BCUT2D eigenvalue weighted by Gasteiger charge is 2.15. The first-order valence-electron chi connectivity index (χ1n) is 9.86. The van der Waals surface area contributed by atoms with Gasteiger partial charge in [0.1, 0.15) is 18.4 Å². The first-order chi connectivity index (χ1) is 12.3. The summed E-state index contributed by atoms with van der Waals surface area (Å²) < 4.78 is 11.0. The van der Waals surface area contributed by atoms with Gasteiger partial charge in [-0.1, -0.05) is 57.1 Å². The molecule has 0 aromatic heterocycles. The van der Waals surface area contributed by atoms with Crippen LogP contribution in [0.5, 0.6) is 5.75 Å². The highest BCUT2D eigenvalue weighted by Crippen LogP contribution is 2.23. The van der Waals surface area contributed by atoms with E-state index in [-0.39, 0.29) is 18.6 Å². The van der Waals surface area contributed by atoms with Gasteiger partial charge in [0, 0.05) is 0 Å². The van der Waals surface area contributed by atoms with Crippen LogP contribution < -0.4 is 10.1 Å². The van der Waals surface area contributed by atoms with Crippen molar-refractivity contribution in [1.29, 1.82) is 0 Å². The van der Waals surface area contributed by atoms with E-state index in [0.717, 1.165) is 37.1 Å². The van der Waals surface area contributed by atoms with Crippen molar-refractivity contribution in [3.63, 3.8) is 0 Å². The zero-order valence-electron chi connectivity index (χ0n) is 15.6. The van der Waals surface area contributed by atoms with E-state index in [1.807, 2.05) is 24.3 Å². The summed E-state index contributed by atoms with van der Waals surface area (Å²) in [5.41, 5.74) is 0.820. The first-order valence-corrected chi connectivity index (χ1v) is 9.86. The van der Waals surface area contributed by atoms with Gasteiger partial charge in [-0.25, -0.2) is 0 Å². The number of para-hydroxylation sites is 2. The minimum absolute atomic E-state index is 0.0754. The van der Waals surface area contributed by atoms with E-state index < -0.39 is 0 Å². The predicted octanol–water partition coefficient (Wildman–Crippen LogP) is 5.32. The van der Waals surface area contributed by atoms with Crippen molar-refractivity contribution in [2.24, 2.45) is 0 Å². The maximum Gasteiger partial charge on any atom is 0.325 e. The highest BCUT2D eigenvalue weighted by atomic mass is 16.5. The van der Waals surface area contributed by atoms with Gasteiger partial charge in [0.25, 0.3) is 0 Å². The summed E-state index contributed by atoms with van der Waals surface area (Å²) in [6.45, 7) is 0.177. The molecule has 140 valence electrons. The van der Waals surface area contributed by atoms with Crippen LogP contribution in [-0.4, -0.2) is 25.7 Å². The average molecular weight is 347 g/mol. The third-order valence-electron chi connectivity index (χ3n) is 4.88. The molecule has 0 heterocycles. The van der Waals surface area contributed by atoms with E-state index in [1.54, 1.807) is 7.11 Å². The van der Waals surface area contributed by atoms with Crippen LogP contribution in [0.4, 0.5) is 5.69 Å². The molecule has 0 spiro atoms. The molecular formula is C21H33NO3. The zero-order valence-corrected chi connectivity index (χ0v) is 15.6. The molecule has 0 unspecified atom stereocenters. The summed E-state index contributed by atoms with van der Waals surface area (Å²) in [7, 11) is 1.63. The molecular weight excluding hydrogens is 314 g/mol. The van der Waals surface area contributed by atoms with Gasteiger partial charge in [-0.05, 0) is 37.8 Å². The van der Waals surface area contributed by atoms with Gasteiger partial charge < -0.3 is 14.8 Å². The number of methoxy groups -OCH3 is 1. The number of nitrogens with one attached hydrogen (secondary N) is 1. The number of esters is 1. The van der Waals surface area contributed by atoms with Crippen LogP contribution in [0.1, 0.15) is 70.6 Å². The maximum atomic E-state index is 12.2. The van der Waals surface area contributed by atoms with Crippen molar-refractivity contribution >= 4 is 11.7 Å². The molecule has 1 saturated carbocycles. The van der Waals surface area contributed by atoms with Crippen molar-refractivity contribution in [2.75, 3.05) is 19.0 Å². The first kappa shape index (κ1) is 19.6. The van der Waals surface area contributed by atoms with E-state index in [4.69, 9.17) is 9.47 Å². The molecule has 0 atom stereocenters. The molecule has 0 bridgehead atoms. The summed E-state index contributed by atoms with van der Waals surface area (Å²) >= 11 is 0. The summed E-state index contributed by atoms with van der Waals surface area (Å²) in [5, 5.41) is 3.12. The lowest BCUT2D eigenvalue weighted by Crippen LogP contribution is -2.24. The van der Waals surface area contributed by atoms with Crippen LogP contribution in [0.15, 0.2) is 24.3 Å². The fourth-order valence-electron chi connectivity index (χ4n) is 3.43. The lowest BCUT2D eigenvalue weighted by Gasteiger charge is -2.19. The Hall–Kier alpha value is -1.71. The van der Waals surface area contributed by atoms with Crippen LogP contribution in [0.2, 0.25) is 0 Å². The van der Waals surface area contributed by atoms with E-state index in [1.165, 1.54) is 44.9 Å². The number of carbonyl (C=O) groups is 1. The molecule has 1 aromatic rings. The van der Waals surface area contributed by atoms with Gasteiger partial charge >= 0.3 is 5.97 Å². The number of carbonyl (C=O) groups excluding carboxylic acids is 1. The topological polar surface area (TPSA) is 47.6 Å². The molecule has 0 saturated heterocycles. The third kappa shape index (κ3) is 7.80. The van der Waals surface area contributed by atoms with Crippen molar-refractivity contribution < 1.29 is 14.3 Å². The molecule has 0 amide bonds. The van der Waals surface area contributed by atoms with Gasteiger partial charge in [0.2, 0.25) is 0 Å². The smallest absolute Gasteiger partial charge is 0.325 e. The molecule has 1 fully saturated rings. The maximum absolute atomic E-state index is 12.2. The molecule has 4 nitrogen and oxygen atoms in total. The van der Waals surface area contributed by atoms with Crippen LogP contribution in [-0.2, 0) is 9.53 Å². The van der Waals surface area contributed by atoms with Crippen molar-refractivity contribution in [1.82, 2.24) is 0 Å². The molecule has 2 rings (SSSR count). The Morgan fingerprint density at radius 1 is 0.960 bits per heavy atom. The SMILES string of the molecule is COc1ccccc1NCC(=O)OC1CCCCCCCCCCC1. The molecule has 1 N–H and O–H groups in total. The van der Waals surface area contributed by atoms with Crippen LogP contribution in [0.3, 0.4) is 0 Å². The van der Waals surface area contributed by atoms with E-state index in [9.17, 15) is 4.79 Å². The number of anilines is 1. The minimum Gasteiger partial charge on any atom is -0.495 e. The monoisotopic (exact) mass is 347 g/mol. The Morgan fingerprint density at radius 3 is 2.12 bits per heavy atom. The quantitative estimate of drug-likeness (QED) is 0.732. The lowest BCUT2D eigenvalue weighted by atomic mass is 9.99. The Labute approximate surface area is 152 Å². The van der Waals surface area contributed by atoms with Crippen molar-refractivity contribution in [2.45, 2.75) is 76.7 Å². The Bertz CT molecular complexity index is 492. The lowest BCUT2D eigenvalue weighted by molar-refractivity contribution is -0.147. The summed E-state index contributed by atoms with van der Waals surface area (Å²) in [6.07, 6.45) is 13.6. The Morgan fingerprint density at radius 2 is 1.52 bits per heavy atom. The Kier molecular flexibility index (Phi) is 9.24. The van der Waals surface area contributed by atoms with Crippen LogP contribution >= 0.6 is 0 Å². The number of rotatable bonds is 5. The molecule has 0 aliphatic heterocycles. The third-order valence-corrected chi connectivity index (χ3v) is 4.88. The van der Waals surface area contributed by atoms with Gasteiger partial charge in [0.05, 0.1) is 12.8 Å². The standard InChI is InChI=1S/C21H33NO3/c1-24-20-16-12-11-15-19(20)22-17-21(23)25-18-13-9-7-5-3-2-4-6-8-10-14-18/h11-12,15-16,18,22H,2-10,13-14,17H2,1H3. The fourth-order valence-corrected chi connectivity index (χ4v) is 3.43. The van der Waals surface area contributed by atoms with Crippen molar-refractivity contribution in [3.8, 4) is 5.75 Å². The second-order valence-corrected chi connectivity index (χ2v) is 6.93. The minimum atomic E-state index is -0.178. The van der Waals surface area contributed by atoms with E-state index in [0.29, 0.717) is 0 Å². The average Bonchev–Trinajstić information content (AvgIpc) is 2.62. The number of benzene rings is 1. The largest absolute Gasteiger partial charge is 0.495 e. The molecule has 0 radical (unpaired) electrons. The number of hydrogen-bond acceptors (Lipinski definition) is 4.